The van der Waals surface area contributed by atoms with Crippen LogP contribution in [0.25, 0.3) is 10.8 Å². The number of fused-ring (bicyclic) bond motifs is 1. The van der Waals surface area contributed by atoms with Gasteiger partial charge in [0, 0.05) is 15.6 Å². The van der Waals surface area contributed by atoms with Gasteiger partial charge in [-0.1, -0.05) is 89.9 Å². The number of nitrogens with one attached hydrogen (secondary N) is 2. The fraction of sp³-hybridized carbons (Fsp3) is 0.194. The van der Waals surface area contributed by atoms with E-state index < -0.39 is 11.9 Å². The van der Waals surface area contributed by atoms with Gasteiger partial charge in [-0.15, -0.1) is 0 Å². The van der Waals surface area contributed by atoms with E-state index in [1.807, 2.05) is 93.6 Å². The van der Waals surface area contributed by atoms with Crippen molar-refractivity contribution < 1.29 is 14.3 Å². The maximum absolute atomic E-state index is 13.0. The van der Waals surface area contributed by atoms with Crippen molar-refractivity contribution in [2.24, 2.45) is 11.0 Å². The van der Waals surface area contributed by atoms with Crippen LogP contribution >= 0.6 is 15.9 Å². The monoisotopic (exact) mass is 571 g/mol. The molecule has 0 aliphatic heterocycles. The molecule has 0 bridgehead atoms. The van der Waals surface area contributed by atoms with Crippen LogP contribution in [-0.2, 0) is 11.4 Å². The minimum absolute atomic E-state index is 0.137. The average molecular weight is 573 g/mol. The van der Waals surface area contributed by atoms with Crippen LogP contribution in [0.15, 0.2) is 94.5 Å². The van der Waals surface area contributed by atoms with E-state index in [-0.39, 0.29) is 11.8 Å². The number of hydrogen-bond acceptors (Lipinski definition) is 4. The maximum atomic E-state index is 13.0. The van der Waals surface area contributed by atoms with Gasteiger partial charge in [-0.3, -0.25) is 9.59 Å². The van der Waals surface area contributed by atoms with Gasteiger partial charge in [0.25, 0.3) is 11.8 Å². The van der Waals surface area contributed by atoms with Crippen molar-refractivity contribution in [3.63, 3.8) is 0 Å². The van der Waals surface area contributed by atoms with Gasteiger partial charge in [-0.05, 0) is 59.5 Å². The van der Waals surface area contributed by atoms with Crippen LogP contribution in [0, 0.1) is 12.8 Å². The Labute approximate surface area is 231 Å². The summed E-state index contributed by atoms with van der Waals surface area (Å²) in [5.41, 5.74) is 5.95. The molecule has 2 N–H and O–H groups in total. The third-order valence-corrected chi connectivity index (χ3v) is 6.68. The standard InChI is InChI=1S/C31H30BrN3O3/c1-20(2)29(34-30(36)24-12-8-21(3)9-13-24)31(37)35-33-18-27-26-7-5-4-6-23(26)14-17-28(27)38-19-22-10-15-25(32)16-11-22/h4-18,20,29H,19H2,1-3H3,(H,34,36)(H,35,37). The van der Waals surface area contributed by atoms with Crippen molar-refractivity contribution in [1.29, 1.82) is 0 Å². The number of rotatable bonds is 9. The number of ether oxygens (including phenoxy) is 1. The Kier molecular flexibility index (Phi) is 8.92. The first-order valence-electron chi connectivity index (χ1n) is 12.4. The van der Waals surface area contributed by atoms with Crippen molar-refractivity contribution in [3.05, 3.63) is 112 Å². The van der Waals surface area contributed by atoms with Gasteiger partial charge in [0.1, 0.15) is 18.4 Å². The third-order valence-electron chi connectivity index (χ3n) is 6.16. The summed E-state index contributed by atoms with van der Waals surface area (Å²) in [4.78, 5) is 25.7. The highest BCUT2D eigenvalue weighted by Gasteiger charge is 2.24. The lowest BCUT2D eigenvalue weighted by atomic mass is 10.0. The zero-order valence-electron chi connectivity index (χ0n) is 21.6. The normalized spacial score (nSPS) is 12.0. The average Bonchev–Trinajstić information content (AvgIpc) is 2.92. The van der Waals surface area contributed by atoms with Gasteiger partial charge in [0.2, 0.25) is 0 Å². The van der Waals surface area contributed by atoms with Crippen LogP contribution in [0.5, 0.6) is 5.75 Å². The van der Waals surface area contributed by atoms with Gasteiger partial charge in [-0.2, -0.15) is 5.10 Å². The molecule has 1 unspecified atom stereocenters. The van der Waals surface area contributed by atoms with Gasteiger partial charge in [0.05, 0.1) is 6.21 Å². The minimum atomic E-state index is -0.749. The van der Waals surface area contributed by atoms with Crippen LogP contribution in [0.4, 0.5) is 0 Å². The Bertz CT molecular complexity index is 1450. The lowest BCUT2D eigenvalue weighted by molar-refractivity contribution is -0.123. The molecule has 0 spiro atoms. The molecule has 0 aliphatic carbocycles. The first-order valence-corrected chi connectivity index (χ1v) is 13.2. The molecule has 4 rings (SSSR count). The van der Waals surface area contributed by atoms with E-state index in [1.54, 1.807) is 18.3 Å². The number of carbonyl (C=O) groups is 2. The molecule has 0 radical (unpaired) electrons. The van der Waals surface area contributed by atoms with Crippen molar-refractivity contribution in [2.45, 2.75) is 33.4 Å². The first-order chi connectivity index (χ1) is 18.3. The Morgan fingerprint density at radius 2 is 1.66 bits per heavy atom. The number of aryl methyl sites for hydroxylation is 1. The molecule has 4 aromatic carbocycles. The van der Waals surface area contributed by atoms with Gasteiger partial charge >= 0.3 is 0 Å². The molecule has 1 atom stereocenters. The fourth-order valence-electron chi connectivity index (χ4n) is 3.97. The molecule has 2 amide bonds. The van der Waals surface area contributed by atoms with Crippen LogP contribution in [-0.4, -0.2) is 24.1 Å². The quantitative estimate of drug-likeness (QED) is 0.180. The predicted octanol–water partition coefficient (Wildman–Crippen LogP) is 6.39. The van der Waals surface area contributed by atoms with E-state index in [2.05, 4.69) is 31.8 Å². The molecule has 0 saturated carbocycles. The van der Waals surface area contributed by atoms with Crippen LogP contribution in [0.1, 0.15) is 40.9 Å². The van der Waals surface area contributed by atoms with Crippen LogP contribution in [0.2, 0.25) is 0 Å². The van der Waals surface area contributed by atoms with E-state index in [4.69, 9.17) is 4.74 Å². The molecule has 4 aromatic rings. The summed E-state index contributed by atoms with van der Waals surface area (Å²) in [6.07, 6.45) is 1.59. The number of benzene rings is 4. The lowest BCUT2D eigenvalue weighted by Crippen LogP contribution is -2.48. The number of halogens is 1. The Morgan fingerprint density at radius 1 is 0.947 bits per heavy atom. The number of hydrazone groups is 1. The topological polar surface area (TPSA) is 79.8 Å². The minimum Gasteiger partial charge on any atom is -0.488 e. The van der Waals surface area contributed by atoms with Gasteiger partial charge < -0.3 is 10.1 Å². The summed E-state index contributed by atoms with van der Waals surface area (Å²) in [6, 6.07) is 26.2. The SMILES string of the molecule is Cc1ccc(C(=O)NC(C(=O)NN=Cc2c(OCc3ccc(Br)cc3)ccc3ccccc23)C(C)C)cc1. The molecule has 0 aliphatic rings. The van der Waals surface area contributed by atoms with E-state index >= 15 is 0 Å². The van der Waals surface area contributed by atoms with Gasteiger partial charge in [-0.25, -0.2) is 5.43 Å². The van der Waals surface area contributed by atoms with Crippen molar-refractivity contribution in [1.82, 2.24) is 10.7 Å². The highest BCUT2D eigenvalue weighted by Crippen LogP contribution is 2.27. The molecule has 0 saturated heterocycles. The second-order valence-electron chi connectivity index (χ2n) is 9.41. The number of carbonyl (C=O) groups excluding carboxylic acids is 2. The Balaban J connectivity index is 1.51. The summed E-state index contributed by atoms with van der Waals surface area (Å²) in [5.74, 6) is -0.186. The summed E-state index contributed by atoms with van der Waals surface area (Å²) in [7, 11) is 0. The molecule has 6 nitrogen and oxygen atoms in total. The fourth-order valence-corrected chi connectivity index (χ4v) is 4.24. The third kappa shape index (κ3) is 6.86. The number of hydrogen-bond donors (Lipinski definition) is 2. The second kappa shape index (κ2) is 12.5. The zero-order chi connectivity index (χ0) is 27.1. The van der Waals surface area contributed by atoms with Crippen molar-refractivity contribution in [2.75, 3.05) is 0 Å². The van der Waals surface area contributed by atoms with E-state index in [0.717, 1.165) is 31.9 Å². The molecule has 0 fully saturated rings. The van der Waals surface area contributed by atoms with E-state index in [9.17, 15) is 9.59 Å². The molecule has 0 heterocycles. The van der Waals surface area contributed by atoms with Crippen molar-refractivity contribution >= 4 is 44.7 Å². The highest BCUT2D eigenvalue weighted by atomic mass is 79.9. The second-order valence-corrected chi connectivity index (χ2v) is 10.3. The predicted molar refractivity (Wildman–Crippen MR) is 155 cm³/mol. The number of nitrogens with zero attached hydrogens (tertiary/aromatic N) is 1. The van der Waals surface area contributed by atoms with E-state index in [1.165, 1.54) is 0 Å². The number of amides is 2. The Hall–Kier alpha value is -3.97. The molecular weight excluding hydrogens is 542 g/mol. The maximum Gasteiger partial charge on any atom is 0.262 e. The smallest absolute Gasteiger partial charge is 0.262 e. The first kappa shape index (κ1) is 27.1. The summed E-state index contributed by atoms with van der Waals surface area (Å²) < 4.78 is 7.15. The summed E-state index contributed by atoms with van der Waals surface area (Å²) >= 11 is 3.45. The highest BCUT2D eigenvalue weighted by molar-refractivity contribution is 9.10. The summed E-state index contributed by atoms with van der Waals surface area (Å²) in [6.45, 7) is 6.10. The van der Waals surface area contributed by atoms with Gasteiger partial charge in [0.15, 0.2) is 0 Å². The molecule has 0 aromatic heterocycles. The molecule has 194 valence electrons. The molecule has 7 heteroatoms. The largest absolute Gasteiger partial charge is 0.488 e. The summed E-state index contributed by atoms with van der Waals surface area (Å²) in [5, 5.41) is 9.06. The zero-order valence-corrected chi connectivity index (χ0v) is 23.2. The lowest BCUT2D eigenvalue weighted by Gasteiger charge is -2.20. The molecular formula is C31H30BrN3O3. The van der Waals surface area contributed by atoms with E-state index in [0.29, 0.717) is 17.9 Å². The Morgan fingerprint density at radius 3 is 2.37 bits per heavy atom. The molecule has 38 heavy (non-hydrogen) atoms. The van der Waals surface area contributed by atoms with Crippen molar-refractivity contribution in [3.8, 4) is 5.75 Å². The van der Waals surface area contributed by atoms with Crippen LogP contribution < -0.4 is 15.5 Å². The van der Waals surface area contributed by atoms with Crippen LogP contribution in [0.3, 0.4) is 0 Å².